The number of nitrogens with zero attached hydrogens (tertiary/aromatic N) is 3. The molecule has 30 heavy (non-hydrogen) atoms. The number of carbonyl (C=O) groups is 1. The summed E-state index contributed by atoms with van der Waals surface area (Å²) in [5.41, 5.74) is 6.96. The van der Waals surface area contributed by atoms with Crippen molar-refractivity contribution in [2.75, 3.05) is 26.2 Å². The highest BCUT2D eigenvalue weighted by atomic mass is 32.2. The Bertz CT molecular complexity index is 1090. The van der Waals surface area contributed by atoms with E-state index in [0.717, 1.165) is 33.5 Å². The van der Waals surface area contributed by atoms with E-state index in [9.17, 15) is 13.2 Å². The van der Waals surface area contributed by atoms with E-state index in [1.54, 1.807) is 11.0 Å². The maximum absolute atomic E-state index is 13.5. The SMILES string of the molecule is Cc1ccc(C(=O)N2CCN(S(=O)(=O)c3c(C)c(C)c(C)c(C)c3C)CC2)c(C)n1. The number of benzene rings is 1. The van der Waals surface area contributed by atoms with Crippen LogP contribution in [0.5, 0.6) is 0 Å². The van der Waals surface area contributed by atoms with Crippen molar-refractivity contribution in [3.63, 3.8) is 0 Å². The van der Waals surface area contributed by atoms with E-state index >= 15 is 0 Å². The van der Waals surface area contributed by atoms with Gasteiger partial charge in [-0.05, 0) is 88.4 Å². The average molecular weight is 430 g/mol. The van der Waals surface area contributed by atoms with Crippen LogP contribution in [-0.4, -0.2) is 54.7 Å². The predicted molar refractivity (Wildman–Crippen MR) is 119 cm³/mol. The van der Waals surface area contributed by atoms with Crippen molar-refractivity contribution in [2.45, 2.75) is 53.4 Å². The van der Waals surface area contributed by atoms with Gasteiger partial charge in [0.05, 0.1) is 16.2 Å². The van der Waals surface area contributed by atoms with Crippen LogP contribution in [0.1, 0.15) is 49.6 Å². The van der Waals surface area contributed by atoms with Crippen LogP contribution in [0.15, 0.2) is 17.0 Å². The van der Waals surface area contributed by atoms with Gasteiger partial charge in [-0.3, -0.25) is 9.78 Å². The molecule has 1 amide bonds. The molecule has 2 aromatic rings. The van der Waals surface area contributed by atoms with Gasteiger partial charge in [0.15, 0.2) is 0 Å². The quantitative estimate of drug-likeness (QED) is 0.750. The second-order valence-electron chi connectivity index (χ2n) is 8.24. The van der Waals surface area contributed by atoms with Gasteiger partial charge in [0.1, 0.15) is 0 Å². The molecule has 1 aliphatic heterocycles. The third-order valence-corrected chi connectivity index (χ3v) is 8.68. The smallest absolute Gasteiger partial charge is 0.255 e. The van der Waals surface area contributed by atoms with Gasteiger partial charge in [0.25, 0.3) is 5.91 Å². The fraction of sp³-hybridized carbons (Fsp3) is 0.478. The molecule has 6 nitrogen and oxygen atoms in total. The van der Waals surface area contributed by atoms with Crippen LogP contribution in [0, 0.1) is 48.5 Å². The van der Waals surface area contributed by atoms with Gasteiger partial charge in [0.2, 0.25) is 10.0 Å². The highest BCUT2D eigenvalue weighted by Gasteiger charge is 2.33. The number of piperazine rings is 1. The molecular weight excluding hydrogens is 398 g/mol. The van der Waals surface area contributed by atoms with Gasteiger partial charge in [-0.1, -0.05) is 0 Å². The van der Waals surface area contributed by atoms with E-state index in [0.29, 0.717) is 29.2 Å². The molecule has 0 atom stereocenters. The Hall–Kier alpha value is -2.25. The largest absolute Gasteiger partial charge is 0.336 e. The molecule has 0 unspecified atom stereocenters. The zero-order chi connectivity index (χ0) is 22.4. The van der Waals surface area contributed by atoms with Gasteiger partial charge in [-0.25, -0.2) is 8.42 Å². The van der Waals surface area contributed by atoms with E-state index in [2.05, 4.69) is 4.98 Å². The molecule has 1 aromatic carbocycles. The predicted octanol–water partition coefficient (Wildman–Crippen LogP) is 3.39. The van der Waals surface area contributed by atoms with Crippen LogP contribution in [0.3, 0.4) is 0 Å². The van der Waals surface area contributed by atoms with Crippen molar-refractivity contribution < 1.29 is 13.2 Å². The van der Waals surface area contributed by atoms with Crippen LogP contribution >= 0.6 is 0 Å². The van der Waals surface area contributed by atoms with Crippen molar-refractivity contribution in [3.05, 3.63) is 56.9 Å². The standard InChI is InChI=1S/C23H31N3O3S/c1-14-8-9-21(20(7)24-14)23(27)25-10-12-26(13-11-25)30(28,29)22-18(5)16(3)15(2)17(4)19(22)6/h8-9H,10-13H2,1-7H3. The average Bonchev–Trinajstić information content (AvgIpc) is 2.70. The Morgan fingerprint density at radius 2 is 1.30 bits per heavy atom. The topological polar surface area (TPSA) is 70.6 Å². The van der Waals surface area contributed by atoms with Gasteiger partial charge in [0, 0.05) is 31.9 Å². The van der Waals surface area contributed by atoms with E-state index < -0.39 is 10.0 Å². The second-order valence-corrected chi connectivity index (χ2v) is 10.1. The van der Waals surface area contributed by atoms with Crippen molar-refractivity contribution in [3.8, 4) is 0 Å². The highest BCUT2D eigenvalue weighted by molar-refractivity contribution is 7.89. The number of hydrogen-bond donors (Lipinski definition) is 0. The summed E-state index contributed by atoms with van der Waals surface area (Å²) in [6, 6.07) is 3.63. The number of rotatable bonds is 3. The molecule has 1 aliphatic rings. The monoisotopic (exact) mass is 429 g/mol. The summed E-state index contributed by atoms with van der Waals surface area (Å²) in [4.78, 5) is 19.4. The molecule has 0 radical (unpaired) electrons. The summed E-state index contributed by atoms with van der Waals surface area (Å²) in [5, 5.41) is 0. The zero-order valence-electron chi connectivity index (χ0n) is 19.0. The summed E-state index contributed by atoms with van der Waals surface area (Å²) < 4.78 is 28.5. The highest BCUT2D eigenvalue weighted by Crippen LogP contribution is 2.32. The van der Waals surface area contributed by atoms with Crippen molar-refractivity contribution in [1.82, 2.24) is 14.2 Å². The van der Waals surface area contributed by atoms with E-state index in [-0.39, 0.29) is 19.0 Å². The lowest BCUT2D eigenvalue weighted by Gasteiger charge is -2.35. The fourth-order valence-electron chi connectivity index (χ4n) is 4.20. The summed E-state index contributed by atoms with van der Waals surface area (Å²) >= 11 is 0. The molecule has 1 aromatic heterocycles. The lowest BCUT2D eigenvalue weighted by atomic mass is 9.95. The molecule has 1 fully saturated rings. The minimum atomic E-state index is -3.63. The third-order valence-electron chi connectivity index (χ3n) is 6.51. The van der Waals surface area contributed by atoms with Crippen LogP contribution < -0.4 is 0 Å². The fourth-order valence-corrected chi connectivity index (χ4v) is 6.18. The van der Waals surface area contributed by atoms with Crippen molar-refractivity contribution >= 4 is 15.9 Å². The Labute approximate surface area is 180 Å². The van der Waals surface area contributed by atoms with E-state index in [1.807, 2.05) is 54.5 Å². The third kappa shape index (κ3) is 3.76. The van der Waals surface area contributed by atoms with Gasteiger partial charge < -0.3 is 4.90 Å². The molecule has 0 saturated carbocycles. The molecule has 0 aliphatic carbocycles. The maximum Gasteiger partial charge on any atom is 0.255 e. The number of pyridine rings is 1. The summed E-state index contributed by atoms with van der Waals surface area (Å²) in [5.74, 6) is -0.0913. The molecule has 1 saturated heterocycles. The minimum absolute atomic E-state index is 0.0913. The number of carbonyl (C=O) groups excluding carboxylic acids is 1. The number of aromatic nitrogens is 1. The first-order valence-corrected chi connectivity index (χ1v) is 11.7. The Morgan fingerprint density at radius 1 is 0.800 bits per heavy atom. The molecule has 2 heterocycles. The first-order chi connectivity index (χ1) is 14.0. The lowest BCUT2D eigenvalue weighted by Crippen LogP contribution is -2.50. The lowest BCUT2D eigenvalue weighted by molar-refractivity contribution is 0.0696. The maximum atomic E-state index is 13.5. The molecule has 0 bridgehead atoms. The zero-order valence-corrected chi connectivity index (χ0v) is 19.8. The van der Waals surface area contributed by atoms with Crippen molar-refractivity contribution in [1.29, 1.82) is 0 Å². The number of amides is 1. The number of aryl methyl sites for hydroxylation is 2. The number of hydrogen-bond acceptors (Lipinski definition) is 4. The van der Waals surface area contributed by atoms with Gasteiger partial charge in [-0.15, -0.1) is 0 Å². The first-order valence-electron chi connectivity index (χ1n) is 10.3. The molecule has 0 spiro atoms. The normalized spacial score (nSPS) is 15.5. The van der Waals surface area contributed by atoms with Gasteiger partial charge in [-0.2, -0.15) is 4.31 Å². The van der Waals surface area contributed by atoms with E-state index in [1.165, 1.54) is 4.31 Å². The molecule has 7 heteroatoms. The van der Waals surface area contributed by atoms with Crippen LogP contribution in [0.2, 0.25) is 0 Å². The van der Waals surface area contributed by atoms with Crippen LogP contribution in [-0.2, 0) is 10.0 Å². The second kappa shape index (κ2) is 8.12. The number of sulfonamides is 1. The Morgan fingerprint density at radius 3 is 1.80 bits per heavy atom. The Kier molecular flexibility index (Phi) is 6.07. The first kappa shape index (κ1) is 22.4. The summed E-state index contributed by atoms with van der Waals surface area (Å²) in [7, 11) is -3.63. The van der Waals surface area contributed by atoms with E-state index in [4.69, 9.17) is 0 Å². The molecule has 0 N–H and O–H groups in total. The molecule has 162 valence electrons. The van der Waals surface area contributed by atoms with Crippen molar-refractivity contribution in [2.24, 2.45) is 0 Å². The minimum Gasteiger partial charge on any atom is -0.336 e. The van der Waals surface area contributed by atoms with Crippen LogP contribution in [0.25, 0.3) is 0 Å². The summed E-state index contributed by atoms with van der Waals surface area (Å²) in [6.45, 7) is 14.8. The molecule has 3 rings (SSSR count). The summed E-state index contributed by atoms with van der Waals surface area (Å²) in [6.07, 6.45) is 0. The molecular formula is C23H31N3O3S. The van der Waals surface area contributed by atoms with Crippen LogP contribution in [0.4, 0.5) is 0 Å². The Balaban J connectivity index is 1.84. The van der Waals surface area contributed by atoms with Gasteiger partial charge >= 0.3 is 0 Å².